The minimum absolute atomic E-state index is 0.132. The summed E-state index contributed by atoms with van der Waals surface area (Å²) in [4.78, 5) is 38.2. The number of carbonyl (C=O) groups excluding carboxylic acids is 3. The van der Waals surface area contributed by atoms with Crippen molar-refractivity contribution in [1.29, 1.82) is 0 Å². The van der Waals surface area contributed by atoms with Gasteiger partial charge in [0.05, 0.1) is 0 Å². The van der Waals surface area contributed by atoms with Crippen molar-refractivity contribution in [2.45, 2.75) is 232 Å². The monoisotopic (exact) mass is 1110 g/mol. The van der Waals surface area contributed by atoms with Gasteiger partial charge in [-0.15, -0.1) is 0 Å². The fraction of sp³-hybridized carbons (Fsp3) is 0.507. The molecule has 0 amide bonds. The second-order valence-electron chi connectivity index (χ2n) is 19.8. The molecule has 0 fully saturated rings. The van der Waals surface area contributed by atoms with E-state index in [2.05, 4.69) is 215 Å². The Bertz CT molecular complexity index is 2000. The fourth-order valence-electron chi connectivity index (χ4n) is 7.67. The predicted molar refractivity (Wildman–Crippen MR) is 352 cm³/mol. The van der Waals surface area contributed by atoms with Crippen LogP contribution in [0.1, 0.15) is 226 Å². The number of ether oxygens (including phenoxy) is 3. The average molecular weight is 1110 g/mol. The molecule has 0 spiro atoms. The van der Waals surface area contributed by atoms with Crippen LogP contribution in [0.25, 0.3) is 0 Å². The van der Waals surface area contributed by atoms with Gasteiger partial charge < -0.3 is 14.2 Å². The molecular formula is C75H112O6. The number of hydrogen-bond donors (Lipinski definition) is 0. The first-order valence-electron chi connectivity index (χ1n) is 31.6. The van der Waals surface area contributed by atoms with Crippen LogP contribution < -0.4 is 0 Å². The number of carbonyl (C=O) groups is 3. The van der Waals surface area contributed by atoms with Crippen molar-refractivity contribution >= 4 is 17.9 Å². The molecular weight excluding hydrogens is 997 g/mol. The number of hydrogen-bond acceptors (Lipinski definition) is 6. The normalized spacial score (nSPS) is 13.6. The van der Waals surface area contributed by atoms with Gasteiger partial charge in [-0.25, -0.2) is 0 Å². The van der Waals surface area contributed by atoms with Crippen LogP contribution in [0.5, 0.6) is 0 Å². The van der Waals surface area contributed by atoms with E-state index in [0.29, 0.717) is 19.3 Å². The molecule has 6 heteroatoms. The highest BCUT2D eigenvalue weighted by Gasteiger charge is 2.19. The molecule has 0 bridgehead atoms. The Kier molecular flexibility index (Phi) is 61.6. The number of unbranched alkanes of at least 4 members (excludes halogenated alkanes) is 9. The minimum Gasteiger partial charge on any atom is -0.462 e. The molecule has 0 aromatic rings. The zero-order valence-electron chi connectivity index (χ0n) is 51.2. The largest absolute Gasteiger partial charge is 0.462 e. The van der Waals surface area contributed by atoms with E-state index in [9.17, 15) is 14.4 Å². The van der Waals surface area contributed by atoms with Gasteiger partial charge in [-0.3, -0.25) is 14.4 Å². The molecule has 0 saturated heterocycles. The zero-order chi connectivity index (χ0) is 58.5. The molecule has 0 aliphatic carbocycles. The average Bonchev–Trinajstić information content (AvgIpc) is 3.46. The highest BCUT2D eigenvalue weighted by molar-refractivity contribution is 5.71. The van der Waals surface area contributed by atoms with Crippen LogP contribution in [0, 0.1) is 0 Å². The van der Waals surface area contributed by atoms with Crippen molar-refractivity contribution in [3.63, 3.8) is 0 Å². The van der Waals surface area contributed by atoms with Gasteiger partial charge in [0, 0.05) is 19.3 Å². The first-order valence-corrected chi connectivity index (χ1v) is 31.6. The maximum absolute atomic E-state index is 12.9. The lowest BCUT2D eigenvalue weighted by Gasteiger charge is -2.18. The van der Waals surface area contributed by atoms with Gasteiger partial charge >= 0.3 is 17.9 Å². The van der Waals surface area contributed by atoms with Gasteiger partial charge in [-0.05, 0) is 154 Å². The van der Waals surface area contributed by atoms with Gasteiger partial charge in [-0.1, -0.05) is 259 Å². The predicted octanol–water partition coefficient (Wildman–Crippen LogP) is 22.0. The van der Waals surface area contributed by atoms with Crippen LogP contribution in [-0.2, 0) is 28.6 Å². The van der Waals surface area contributed by atoms with E-state index in [-0.39, 0.29) is 44.0 Å². The van der Waals surface area contributed by atoms with Gasteiger partial charge in [0.2, 0.25) is 0 Å². The summed E-state index contributed by atoms with van der Waals surface area (Å²) in [6.45, 7) is 6.17. The standard InChI is InChI=1S/C75H112O6/c1-4-7-10-13-16-19-22-25-27-29-30-31-32-33-34-35-36-37-38-39-40-41-42-43-44-46-47-50-53-56-59-62-65-68-74(77)80-71-72(70-79-73(76)67-64-61-58-55-52-49-24-21-18-15-12-9-6-3)81-75(78)69-66-63-60-57-54-51-48-45-28-26-23-20-17-14-11-8-5-2/h7-12,16-21,25-28,30-31,33-34,36-37,39-40,42-43,46-49,51-52,58,61,72H,4-6,13-15,22-24,29,32,35,38,41,44-45,50,53-57,59-60,62-71H2,1-3H3/b10-7-,11-8-,12-9-,19-16-,20-17-,21-18-,27-25-,28-26-,31-30-,34-33-,37-36-,40-39-,43-42-,47-46-,51-48-,52-49-,61-58-. The molecule has 0 saturated carbocycles. The van der Waals surface area contributed by atoms with E-state index in [1.165, 1.54) is 0 Å². The molecule has 0 aromatic heterocycles. The molecule has 0 aliphatic heterocycles. The summed E-state index contributed by atoms with van der Waals surface area (Å²) >= 11 is 0. The summed E-state index contributed by atoms with van der Waals surface area (Å²) in [6.07, 6.45) is 103. The third-order valence-corrected chi connectivity index (χ3v) is 12.3. The van der Waals surface area contributed by atoms with Gasteiger partial charge in [-0.2, -0.15) is 0 Å². The van der Waals surface area contributed by atoms with Crippen molar-refractivity contribution in [2.75, 3.05) is 13.2 Å². The van der Waals surface area contributed by atoms with Gasteiger partial charge in [0.25, 0.3) is 0 Å². The first kappa shape index (κ1) is 75.0. The van der Waals surface area contributed by atoms with Crippen molar-refractivity contribution in [1.82, 2.24) is 0 Å². The second-order valence-corrected chi connectivity index (χ2v) is 19.8. The molecule has 448 valence electrons. The molecule has 1 unspecified atom stereocenters. The van der Waals surface area contributed by atoms with Crippen molar-refractivity contribution in [3.05, 3.63) is 207 Å². The lowest BCUT2D eigenvalue weighted by atomic mass is 10.1. The molecule has 0 radical (unpaired) electrons. The summed E-state index contributed by atoms with van der Waals surface area (Å²) in [5.74, 6) is -1.07. The Morgan fingerprint density at radius 1 is 0.247 bits per heavy atom. The number of rotatable bonds is 54. The molecule has 0 rings (SSSR count). The molecule has 0 aliphatic rings. The summed E-state index contributed by atoms with van der Waals surface area (Å²) in [5.41, 5.74) is 0. The van der Waals surface area contributed by atoms with E-state index < -0.39 is 6.10 Å². The van der Waals surface area contributed by atoms with Crippen LogP contribution in [-0.4, -0.2) is 37.2 Å². The minimum atomic E-state index is -0.842. The highest BCUT2D eigenvalue weighted by Crippen LogP contribution is 2.12. The van der Waals surface area contributed by atoms with Crippen molar-refractivity contribution in [3.8, 4) is 0 Å². The molecule has 0 aromatic carbocycles. The van der Waals surface area contributed by atoms with Crippen LogP contribution in [0.4, 0.5) is 0 Å². The van der Waals surface area contributed by atoms with E-state index in [0.717, 1.165) is 173 Å². The summed E-state index contributed by atoms with van der Waals surface area (Å²) in [7, 11) is 0. The van der Waals surface area contributed by atoms with Gasteiger partial charge in [0.1, 0.15) is 13.2 Å². The smallest absolute Gasteiger partial charge is 0.306 e. The second kappa shape index (κ2) is 66.5. The van der Waals surface area contributed by atoms with Crippen molar-refractivity contribution in [2.24, 2.45) is 0 Å². The number of esters is 3. The SMILES string of the molecule is CC/C=C\C/C=C\C/C=C\C/C=C\C/C=C\C/C=C\C/C=C\C/C=C\C/C=C\CCCCCCCC(=O)OCC(COC(=O)CC/C=C\C/C=C\C/C=C\C/C=C\CC)OC(=O)CCCCCC/C=C\C/C=C\C/C=C\C/C=C\CC. The van der Waals surface area contributed by atoms with E-state index >= 15 is 0 Å². The maximum atomic E-state index is 12.9. The summed E-state index contributed by atoms with van der Waals surface area (Å²) in [5, 5.41) is 0. The fourth-order valence-corrected chi connectivity index (χ4v) is 7.67. The number of allylic oxidation sites excluding steroid dienone is 34. The molecule has 6 nitrogen and oxygen atoms in total. The summed E-state index contributed by atoms with van der Waals surface area (Å²) < 4.78 is 16.8. The first-order chi connectivity index (χ1) is 40.0. The third kappa shape index (κ3) is 64.7. The molecule has 81 heavy (non-hydrogen) atoms. The Morgan fingerprint density at radius 2 is 0.469 bits per heavy atom. The van der Waals surface area contributed by atoms with Crippen LogP contribution in [0.15, 0.2) is 207 Å². The van der Waals surface area contributed by atoms with E-state index in [1.807, 2.05) is 12.2 Å². The lowest BCUT2D eigenvalue weighted by molar-refractivity contribution is -0.166. The quantitative estimate of drug-likeness (QED) is 0.0261. The highest BCUT2D eigenvalue weighted by atomic mass is 16.6. The Hall–Kier alpha value is -6.01. The van der Waals surface area contributed by atoms with Crippen LogP contribution in [0.3, 0.4) is 0 Å². The molecule has 0 heterocycles. The van der Waals surface area contributed by atoms with Crippen molar-refractivity contribution < 1.29 is 28.6 Å². The lowest BCUT2D eigenvalue weighted by Crippen LogP contribution is -2.30. The maximum Gasteiger partial charge on any atom is 0.306 e. The zero-order valence-corrected chi connectivity index (χ0v) is 51.2. The van der Waals surface area contributed by atoms with Crippen LogP contribution in [0.2, 0.25) is 0 Å². The topological polar surface area (TPSA) is 78.9 Å². The Morgan fingerprint density at radius 3 is 0.765 bits per heavy atom. The van der Waals surface area contributed by atoms with Crippen LogP contribution >= 0.6 is 0 Å². The third-order valence-electron chi connectivity index (χ3n) is 12.3. The van der Waals surface area contributed by atoms with E-state index in [1.54, 1.807) is 0 Å². The Balaban J connectivity index is 4.44. The Labute approximate surface area is 496 Å². The van der Waals surface area contributed by atoms with E-state index in [4.69, 9.17) is 14.2 Å². The molecule has 0 N–H and O–H groups in total. The molecule has 1 atom stereocenters. The van der Waals surface area contributed by atoms with Gasteiger partial charge in [0.15, 0.2) is 6.10 Å². The summed E-state index contributed by atoms with van der Waals surface area (Å²) in [6, 6.07) is 0.